The van der Waals surface area contributed by atoms with Gasteiger partial charge in [0.2, 0.25) is 5.82 Å². The molecule has 0 fully saturated rings. The summed E-state index contributed by atoms with van der Waals surface area (Å²) in [6, 6.07) is 13.6. The maximum Gasteiger partial charge on any atom is 0.449 e. The normalized spacial score (nSPS) is 11.7. The van der Waals surface area contributed by atoms with Crippen LogP contribution in [0.5, 0.6) is 0 Å². The average molecular weight is 380 g/mol. The Kier molecular flexibility index (Phi) is 5.22. The minimum absolute atomic E-state index is 0.00146. The summed E-state index contributed by atoms with van der Waals surface area (Å²) in [5.74, 6) is -1.87. The van der Waals surface area contributed by atoms with Crippen LogP contribution in [0.2, 0.25) is 0 Å². The van der Waals surface area contributed by atoms with Gasteiger partial charge in [0.1, 0.15) is 13.2 Å². The van der Waals surface area contributed by atoms with Crippen LogP contribution in [-0.2, 0) is 28.9 Å². The summed E-state index contributed by atoms with van der Waals surface area (Å²) in [4.78, 5) is 16.8. The molecule has 0 aliphatic carbocycles. The molecule has 0 N–H and O–H groups in total. The maximum absolute atomic E-state index is 13.2. The number of imidazole rings is 1. The monoisotopic (exact) mass is 380 g/mol. The third kappa shape index (κ3) is 4.01. The zero-order valence-electron chi connectivity index (χ0n) is 13.8. The first kappa shape index (κ1) is 18.3. The molecule has 0 radical (unpaired) electrons. The van der Waals surface area contributed by atoms with E-state index in [1.807, 2.05) is 30.5 Å². The van der Waals surface area contributed by atoms with E-state index in [4.69, 9.17) is 4.74 Å². The van der Waals surface area contributed by atoms with Crippen LogP contribution in [0.4, 0.5) is 13.2 Å². The van der Waals surface area contributed by atoms with Crippen molar-refractivity contribution >= 4 is 28.8 Å². The first-order valence-electron chi connectivity index (χ1n) is 7.69. The van der Waals surface area contributed by atoms with Crippen molar-refractivity contribution in [2.24, 2.45) is 0 Å². The molecule has 26 heavy (non-hydrogen) atoms. The fourth-order valence-corrected chi connectivity index (χ4v) is 2.92. The number of ether oxygens (including phenoxy) is 1. The molecule has 2 aromatic carbocycles. The van der Waals surface area contributed by atoms with Gasteiger partial charge in [0.25, 0.3) is 0 Å². The largest absolute Gasteiger partial charge is 0.459 e. The van der Waals surface area contributed by atoms with Gasteiger partial charge in [0.15, 0.2) is 0 Å². The van der Waals surface area contributed by atoms with Gasteiger partial charge in [-0.3, -0.25) is 4.79 Å². The second-order valence-corrected chi connectivity index (χ2v) is 6.40. The van der Waals surface area contributed by atoms with Crippen LogP contribution >= 0.6 is 11.8 Å². The maximum atomic E-state index is 13.2. The van der Waals surface area contributed by atoms with E-state index in [-0.39, 0.29) is 17.6 Å². The molecule has 3 aromatic rings. The standard InChI is InChI=1S/C18H15F3N2O2S/c1-26-13-8-6-12(7-9-13)11-25-16(24)10-23-15-5-3-2-4-14(15)22-17(23)18(19,20)21/h2-9H,10-11H2,1H3. The Bertz CT molecular complexity index is 920. The SMILES string of the molecule is CSc1ccc(COC(=O)Cn2c(C(F)(F)F)nc3ccccc32)cc1. The molecule has 0 aliphatic heterocycles. The number of benzene rings is 2. The average Bonchev–Trinajstić information content (AvgIpc) is 2.99. The number of nitrogens with zero attached hydrogens (tertiary/aromatic N) is 2. The first-order chi connectivity index (χ1) is 12.4. The van der Waals surface area contributed by atoms with E-state index in [1.165, 1.54) is 12.1 Å². The van der Waals surface area contributed by atoms with Crippen molar-refractivity contribution in [1.29, 1.82) is 0 Å². The lowest BCUT2D eigenvalue weighted by Crippen LogP contribution is -2.20. The molecule has 0 spiro atoms. The number of hydrogen-bond acceptors (Lipinski definition) is 4. The highest BCUT2D eigenvalue weighted by Crippen LogP contribution is 2.31. The van der Waals surface area contributed by atoms with Crippen LogP contribution in [0.15, 0.2) is 53.4 Å². The van der Waals surface area contributed by atoms with Gasteiger partial charge in [-0.1, -0.05) is 24.3 Å². The van der Waals surface area contributed by atoms with Crippen LogP contribution in [0.3, 0.4) is 0 Å². The highest BCUT2D eigenvalue weighted by Gasteiger charge is 2.38. The number of hydrogen-bond donors (Lipinski definition) is 0. The van der Waals surface area contributed by atoms with Crippen molar-refractivity contribution in [2.75, 3.05) is 6.26 Å². The minimum Gasteiger partial charge on any atom is -0.459 e. The molecule has 4 nitrogen and oxygen atoms in total. The van der Waals surface area contributed by atoms with Gasteiger partial charge in [-0.15, -0.1) is 11.8 Å². The van der Waals surface area contributed by atoms with Crippen molar-refractivity contribution in [3.05, 3.63) is 59.9 Å². The zero-order chi connectivity index (χ0) is 18.7. The second-order valence-electron chi connectivity index (χ2n) is 5.52. The molecule has 0 saturated carbocycles. The lowest BCUT2D eigenvalue weighted by molar-refractivity contribution is -0.151. The number of halogens is 3. The number of esters is 1. The summed E-state index contributed by atoms with van der Waals surface area (Å²) in [6.07, 6.45) is -2.71. The molecule has 0 aliphatic rings. The van der Waals surface area contributed by atoms with Crippen LogP contribution in [0, 0.1) is 0 Å². The van der Waals surface area contributed by atoms with Gasteiger partial charge in [-0.05, 0) is 36.1 Å². The Hall–Kier alpha value is -2.48. The highest BCUT2D eigenvalue weighted by atomic mass is 32.2. The van der Waals surface area contributed by atoms with Crippen molar-refractivity contribution in [3.8, 4) is 0 Å². The first-order valence-corrected chi connectivity index (χ1v) is 8.92. The Balaban J connectivity index is 1.76. The second kappa shape index (κ2) is 7.41. The summed E-state index contributed by atoms with van der Waals surface area (Å²) < 4.78 is 45.6. The molecule has 136 valence electrons. The predicted molar refractivity (Wildman–Crippen MR) is 92.8 cm³/mol. The summed E-state index contributed by atoms with van der Waals surface area (Å²) in [7, 11) is 0. The smallest absolute Gasteiger partial charge is 0.449 e. The summed E-state index contributed by atoms with van der Waals surface area (Å²) in [6.45, 7) is -0.556. The van der Waals surface area contributed by atoms with Crippen LogP contribution in [-0.4, -0.2) is 21.8 Å². The summed E-state index contributed by atoms with van der Waals surface area (Å²) >= 11 is 1.59. The zero-order valence-corrected chi connectivity index (χ0v) is 14.6. The van der Waals surface area contributed by atoms with E-state index < -0.39 is 24.5 Å². The quantitative estimate of drug-likeness (QED) is 0.482. The number of aromatic nitrogens is 2. The summed E-state index contributed by atoms with van der Waals surface area (Å²) in [5, 5.41) is 0. The molecule has 0 amide bonds. The number of para-hydroxylation sites is 2. The lowest BCUT2D eigenvalue weighted by Gasteiger charge is -2.11. The Morgan fingerprint density at radius 3 is 2.50 bits per heavy atom. The number of alkyl halides is 3. The number of rotatable bonds is 5. The Labute approximate surface area is 152 Å². The van der Waals surface area contributed by atoms with Gasteiger partial charge in [-0.2, -0.15) is 13.2 Å². The molecule has 3 rings (SSSR count). The lowest BCUT2D eigenvalue weighted by atomic mass is 10.2. The molecule has 1 heterocycles. The summed E-state index contributed by atoms with van der Waals surface area (Å²) in [5.41, 5.74) is 1.18. The van der Waals surface area contributed by atoms with Gasteiger partial charge in [-0.25, -0.2) is 4.98 Å². The molecule has 8 heteroatoms. The third-order valence-electron chi connectivity index (χ3n) is 3.75. The Morgan fingerprint density at radius 2 is 1.85 bits per heavy atom. The van der Waals surface area contributed by atoms with E-state index in [2.05, 4.69) is 4.98 Å². The van der Waals surface area contributed by atoms with E-state index in [0.29, 0.717) is 0 Å². The number of carbonyl (C=O) groups excluding carboxylic acids is 1. The van der Waals surface area contributed by atoms with Gasteiger partial charge in [0, 0.05) is 4.90 Å². The van der Waals surface area contributed by atoms with Crippen molar-refractivity contribution in [1.82, 2.24) is 9.55 Å². The molecule has 0 saturated heterocycles. The van der Waals surface area contributed by atoms with Crippen molar-refractivity contribution in [3.63, 3.8) is 0 Å². The van der Waals surface area contributed by atoms with Crippen molar-refractivity contribution in [2.45, 2.75) is 24.2 Å². The van der Waals surface area contributed by atoms with Crippen LogP contribution in [0.25, 0.3) is 11.0 Å². The van der Waals surface area contributed by atoms with Gasteiger partial charge in [0.05, 0.1) is 11.0 Å². The molecule has 1 aromatic heterocycles. The van der Waals surface area contributed by atoms with Crippen molar-refractivity contribution < 1.29 is 22.7 Å². The van der Waals surface area contributed by atoms with E-state index in [9.17, 15) is 18.0 Å². The predicted octanol–water partition coefficient (Wildman–Crippen LogP) is 4.52. The molecular formula is C18H15F3N2O2S. The number of fused-ring (bicyclic) bond motifs is 1. The van der Waals surface area contributed by atoms with E-state index in [1.54, 1.807) is 23.9 Å². The molecular weight excluding hydrogens is 365 g/mol. The molecule has 0 bridgehead atoms. The van der Waals surface area contributed by atoms with E-state index >= 15 is 0 Å². The number of thioether (sulfide) groups is 1. The molecule has 0 atom stereocenters. The Morgan fingerprint density at radius 1 is 1.15 bits per heavy atom. The van der Waals surface area contributed by atoms with E-state index in [0.717, 1.165) is 15.0 Å². The minimum atomic E-state index is -4.66. The van der Waals surface area contributed by atoms with Gasteiger partial charge < -0.3 is 9.30 Å². The third-order valence-corrected chi connectivity index (χ3v) is 4.50. The highest BCUT2D eigenvalue weighted by molar-refractivity contribution is 7.98. The number of carbonyl (C=O) groups is 1. The van der Waals surface area contributed by atoms with Crippen LogP contribution < -0.4 is 0 Å². The van der Waals surface area contributed by atoms with Gasteiger partial charge >= 0.3 is 12.1 Å². The topological polar surface area (TPSA) is 44.1 Å². The fourth-order valence-electron chi connectivity index (χ4n) is 2.51. The fraction of sp³-hybridized carbons (Fsp3) is 0.222. The van der Waals surface area contributed by atoms with Crippen LogP contribution in [0.1, 0.15) is 11.4 Å². The molecule has 0 unspecified atom stereocenters.